The molecule has 0 bridgehead atoms. The molecule has 0 amide bonds. The van der Waals surface area contributed by atoms with E-state index in [4.69, 9.17) is 5.73 Å². The number of benzene rings is 1. The molecule has 0 aromatic heterocycles. The summed E-state index contributed by atoms with van der Waals surface area (Å²) in [5, 5.41) is 0. The lowest BCUT2D eigenvalue weighted by Crippen LogP contribution is -2.44. The third-order valence-electron chi connectivity index (χ3n) is 3.38. The maximum atomic E-state index is 13.4. The number of carbonyl (C=O) groups is 1. The SMILES string of the molecule is NCC1(C(=O)c2cccc(F)c2F)CCC1. The largest absolute Gasteiger partial charge is 0.329 e. The topological polar surface area (TPSA) is 43.1 Å². The number of hydrogen-bond acceptors (Lipinski definition) is 2. The Kier molecular flexibility index (Phi) is 2.76. The van der Waals surface area contributed by atoms with Crippen molar-refractivity contribution in [2.24, 2.45) is 11.1 Å². The number of ketones is 1. The van der Waals surface area contributed by atoms with E-state index >= 15 is 0 Å². The average molecular weight is 225 g/mol. The Hall–Kier alpha value is -1.29. The molecule has 0 atom stereocenters. The smallest absolute Gasteiger partial charge is 0.173 e. The summed E-state index contributed by atoms with van der Waals surface area (Å²) in [6.45, 7) is 0.196. The van der Waals surface area contributed by atoms with Crippen molar-refractivity contribution >= 4 is 5.78 Å². The zero-order chi connectivity index (χ0) is 11.8. The first-order valence-corrected chi connectivity index (χ1v) is 5.30. The quantitative estimate of drug-likeness (QED) is 0.802. The maximum Gasteiger partial charge on any atom is 0.173 e. The summed E-state index contributed by atoms with van der Waals surface area (Å²) in [4.78, 5) is 12.1. The van der Waals surface area contributed by atoms with Gasteiger partial charge in [-0.05, 0) is 25.0 Å². The zero-order valence-corrected chi connectivity index (χ0v) is 8.80. The number of Topliss-reactive ketones (excluding diaryl/α,β-unsaturated/α-hetero) is 1. The molecule has 1 fully saturated rings. The van der Waals surface area contributed by atoms with Gasteiger partial charge in [-0.1, -0.05) is 12.5 Å². The fraction of sp³-hybridized carbons (Fsp3) is 0.417. The molecule has 0 spiro atoms. The summed E-state index contributed by atoms with van der Waals surface area (Å²) >= 11 is 0. The van der Waals surface area contributed by atoms with Gasteiger partial charge in [-0.3, -0.25) is 4.79 Å². The molecule has 1 saturated carbocycles. The van der Waals surface area contributed by atoms with Crippen LogP contribution in [0.2, 0.25) is 0 Å². The highest BCUT2D eigenvalue weighted by molar-refractivity contribution is 6.01. The third-order valence-corrected chi connectivity index (χ3v) is 3.38. The van der Waals surface area contributed by atoms with E-state index in [2.05, 4.69) is 0 Å². The molecule has 0 unspecified atom stereocenters. The van der Waals surface area contributed by atoms with Gasteiger partial charge in [0.25, 0.3) is 0 Å². The minimum Gasteiger partial charge on any atom is -0.329 e. The Labute approximate surface area is 92.4 Å². The van der Waals surface area contributed by atoms with Crippen molar-refractivity contribution in [2.45, 2.75) is 19.3 Å². The molecule has 1 aliphatic carbocycles. The van der Waals surface area contributed by atoms with Gasteiger partial charge in [0.15, 0.2) is 17.4 Å². The van der Waals surface area contributed by atoms with E-state index in [0.717, 1.165) is 12.5 Å². The highest BCUT2D eigenvalue weighted by atomic mass is 19.2. The first-order chi connectivity index (χ1) is 7.60. The lowest BCUT2D eigenvalue weighted by atomic mass is 9.64. The molecule has 2 nitrogen and oxygen atoms in total. The minimum absolute atomic E-state index is 0.176. The Balaban J connectivity index is 2.37. The van der Waals surface area contributed by atoms with Crippen LogP contribution in [0.3, 0.4) is 0 Å². The van der Waals surface area contributed by atoms with E-state index in [0.29, 0.717) is 12.8 Å². The predicted octanol–water partition coefficient (Wildman–Crippen LogP) is 2.28. The standard InChI is InChI=1S/C12H13F2NO/c13-9-4-1-3-8(10(9)14)11(16)12(7-15)5-2-6-12/h1,3-4H,2,5-7,15H2. The number of rotatable bonds is 3. The van der Waals surface area contributed by atoms with E-state index < -0.39 is 17.0 Å². The summed E-state index contributed by atoms with van der Waals surface area (Å²) in [5.74, 6) is -2.41. The van der Waals surface area contributed by atoms with Crippen molar-refractivity contribution in [3.05, 3.63) is 35.4 Å². The van der Waals surface area contributed by atoms with E-state index in [-0.39, 0.29) is 17.9 Å². The lowest BCUT2D eigenvalue weighted by Gasteiger charge is -2.39. The van der Waals surface area contributed by atoms with E-state index in [1.807, 2.05) is 0 Å². The Morgan fingerprint density at radius 3 is 2.56 bits per heavy atom. The van der Waals surface area contributed by atoms with Crippen molar-refractivity contribution in [1.29, 1.82) is 0 Å². The Bertz CT molecular complexity index is 422. The van der Waals surface area contributed by atoms with Crippen molar-refractivity contribution in [1.82, 2.24) is 0 Å². The Morgan fingerprint density at radius 2 is 2.06 bits per heavy atom. The van der Waals surface area contributed by atoms with Gasteiger partial charge in [-0.2, -0.15) is 0 Å². The molecule has 1 aliphatic rings. The van der Waals surface area contributed by atoms with E-state index in [1.165, 1.54) is 12.1 Å². The molecule has 86 valence electrons. The van der Waals surface area contributed by atoms with Crippen molar-refractivity contribution in [2.75, 3.05) is 6.54 Å². The van der Waals surface area contributed by atoms with Crippen LogP contribution in [-0.4, -0.2) is 12.3 Å². The van der Waals surface area contributed by atoms with Gasteiger partial charge in [-0.25, -0.2) is 8.78 Å². The van der Waals surface area contributed by atoms with Crippen LogP contribution in [0.1, 0.15) is 29.6 Å². The summed E-state index contributed by atoms with van der Waals surface area (Å²) in [6, 6.07) is 3.66. The first-order valence-electron chi connectivity index (χ1n) is 5.30. The van der Waals surface area contributed by atoms with Crippen LogP contribution in [0.25, 0.3) is 0 Å². The second kappa shape index (κ2) is 3.94. The molecule has 1 aromatic carbocycles. The minimum atomic E-state index is -1.06. The predicted molar refractivity (Wildman–Crippen MR) is 56.0 cm³/mol. The van der Waals surface area contributed by atoms with Gasteiger partial charge in [-0.15, -0.1) is 0 Å². The van der Waals surface area contributed by atoms with Gasteiger partial charge in [0.05, 0.1) is 5.56 Å². The van der Waals surface area contributed by atoms with Gasteiger partial charge in [0.2, 0.25) is 0 Å². The van der Waals surface area contributed by atoms with Crippen LogP contribution < -0.4 is 5.73 Å². The molecule has 2 rings (SSSR count). The summed E-state index contributed by atoms with van der Waals surface area (Å²) in [5.41, 5.74) is 4.72. The van der Waals surface area contributed by atoms with Gasteiger partial charge in [0.1, 0.15) is 0 Å². The second-order valence-corrected chi connectivity index (χ2v) is 4.27. The van der Waals surface area contributed by atoms with Crippen molar-refractivity contribution in [3.63, 3.8) is 0 Å². The maximum absolute atomic E-state index is 13.4. The van der Waals surface area contributed by atoms with Gasteiger partial charge in [0, 0.05) is 12.0 Å². The zero-order valence-electron chi connectivity index (χ0n) is 8.80. The van der Waals surface area contributed by atoms with Crippen LogP contribution in [0, 0.1) is 17.0 Å². The highest BCUT2D eigenvalue weighted by Gasteiger charge is 2.44. The summed E-state index contributed by atoms with van der Waals surface area (Å²) < 4.78 is 26.4. The molecule has 0 heterocycles. The third kappa shape index (κ3) is 1.53. The van der Waals surface area contributed by atoms with Crippen molar-refractivity contribution in [3.8, 4) is 0 Å². The normalized spacial score (nSPS) is 17.9. The molecule has 16 heavy (non-hydrogen) atoms. The number of nitrogens with two attached hydrogens (primary N) is 1. The highest BCUT2D eigenvalue weighted by Crippen LogP contribution is 2.43. The van der Waals surface area contributed by atoms with Crippen molar-refractivity contribution < 1.29 is 13.6 Å². The first kappa shape index (κ1) is 11.2. The van der Waals surface area contributed by atoms with Gasteiger partial charge >= 0.3 is 0 Å². The second-order valence-electron chi connectivity index (χ2n) is 4.27. The molecular weight excluding hydrogens is 212 g/mol. The van der Waals surface area contributed by atoms with E-state index in [1.54, 1.807) is 0 Å². The lowest BCUT2D eigenvalue weighted by molar-refractivity contribution is 0.0630. The number of halogens is 2. The number of carbonyl (C=O) groups excluding carboxylic acids is 1. The van der Waals surface area contributed by atoms with Crippen LogP contribution >= 0.6 is 0 Å². The molecule has 2 N–H and O–H groups in total. The van der Waals surface area contributed by atoms with Crippen LogP contribution in [0.15, 0.2) is 18.2 Å². The van der Waals surface area contributed by atoms with Crippen LogP contribution in [0.4, 0.5) is 8.78 Å². The average Bonchev–Trinajstić information content (AvgIpc) is 2.21. The summed E-state index contributed by atoms with van der Waals surface area (Å²) in [7, 11) is 0. The number of hydrogen-bond donors (Lipinski definition) is 1. The summed E-state index contributed by atoms with van der Waals surface area (Å²) in [6.07, 6.45) is 2.25. The van der Waals surface area contributed by atoms with Gasteiger partial charge < -0.3 is 5.73 Å². The van der Waals surface area contributed by atoms with Crippen LogP contribution in [0.5, 0.6) is 0 Å². The van der Waals surface area contributed by atoms with E-state index in [9.17, 15) is 13.6 Å². The molecule has 0 radical (unpaired) electrons. The van der Waals surface area contributed by atoms with Crippen LogP contribution in [-0.2, 0) is 0 Å². The fourth-order valence-corrected chi connectivity index (χ4v) is 2.09. The molecule has 4 heteroatoms. The Morgan fingerprint density at radius 1 is 1.38 bits per heavy atom. The molecular formula is C12H13F2NO. The fourth-order valence-electron chi connectivity index (χ4n) is 2.09. The molecule has 0 saturated heterocycles. The molecule has 0 aliphatic heterocycles. The monoisotopic (exact) mass is 225 g/mol. The molecule has 1 aromatic rings.